The van der Waals surface area contributed by atoms with Crippen molar-refractivity contribution in [2.45, 2.75) is 31.6 Å². The van der Waals surface area contributed by atoms with Gasteiger partial charge >= 0.3 is 0 Å². The van der Waals surface area contributed by atoms with Crippen LogP contribution in [0.5, 0.6) is 5.75 Å². The normalized spacial score (nSPS) is 20.6. The fraction of sp³-hybridized carbons (Fsp3) is 0.217. The molecule has 0 radical (unpaired) electrons. The predicted octanol–water partition coefficient (Wildman–Crippen LogP) is 5.95. The molecule has 0 amide bonds. The number of aromatic nitrogens is 1. The summed E-state index contributed by atoms with van der Waals surface area (Å²) in [5.74, 6) is 0.540. The Labute approximate surface area is 183 Å². The van der Waals surface area contributed by atoms with E-state index in [2.05, 4.69) is 10.5 Å². The van der Waals surface area contributed by atoms with Crippen molar-refractivity contribution >= 4 is 34.9 Å². The number of halogens is 2. The van der Waals surface area contributed by atoms with E-state index >= 15 is 0 Å². The average Bonchev–Trinajstić information content (AvgIpc) is 3.09. The van der Waals surface area contributed by atoms with Crippen LogP contribution in [0.4, 0.5) is 5.88 Å². The molecule has 0 bridgehead atoms. The van der Waals surface area contributed by atoms with Crippen LogP contribution in [0.15, 0.2) is 58.3 Å². The number of rotatable bonds is 2. The second-order valence-corrected chi connectivity index (χ2v) is 8.57. The van der Waals surface area contributed by atoms with Crippen LogP contribution in [0, 0.1) is 6.92 Å². The minimum absolute atomic E-state index is 0.0179. The third-order valence-electron chi connectivity index (χ3n) is 5.90. The van der Waals surface area contributed by atoms with Crippen LogP contribution in [-0.2, 0) is 4.79 Å². The Hall–Kier alpha value is -2.76. The number of anilines is 1. The topological polar surface area (TPSA) is 75.4 Å². The summed E-state index contributed by atoms with van der Waals surface area (Å²) in [6, 6.07) is 12.5. The van der Waals surface area contributed by atoms with Crippen LogP contribution in [0.2, 0.25) is 10.0 Å². The molecule has 2 heterocycles. The number of nitrogens with one attached hydrogen (secondary N) is 1. The maximum absolute atomic E-state index is 13.4. The van der Waals surface area contributed by atoms with Crippen molar-refractivity contribution in [1.29, 1.82) is 0 Å². The molecular weight excluding hydrogens is 423 g/mol. The van der Waals surface area contributed by atoms with Crippen molar-refractivity contribution in [3.05, 3.63) is 86.2 Å². The van der Waals surface area contributed by atoms with Crippen LogP contribution >= 0.6 is 23.2 Å². The Kier molecular flexibility index (Phi) is 4.60. The van der Waals surface area contributed by atoms with Crippen molar-refractivity contribution in [2.75, 3.05) is 5.32 Å². The molecule has 0 saturated carbocycles. The molecule has 2 atom stereocenters. The monoisotopic (exact) mass is 440 g/mol. The predicted molar refractivity (Wildman–Crippen MR) is 115 cm³/mol. The van der Waals surface area contributed by atoms with Crippen LogP contribution < -0.4 is 5.32 Å². The molecule has 0 fully saturated rings. The molecule has 7 heteroatoms. The second-order valence-electron chi connectivity index (χ2n) is 7.75. The highest BCUT2D eigenvalue weighted by atomic mass is 35.5. The van der Waals surface area contributed by atoms with E-state index in [1.807, 2.05) is 25.1 Å². The lowest BCUT2D eigenvalue weighted by Gasteiger charge is -2.34. The number of hydrogen-bond donors (Lipinski definition) is 2. The number of aromatic hydroxyl groups is 1. The van der Waals surface area contributed by atoms with Gasteiger partial charge in [0.15, 0.2) is 5.78 Å². The summed E-state index contributed by atoms with van der Waals surface area (Å²) in [5.41, 5.74) is 5.03. The van der Waals surface area contributed by atoms with Gasteiger partial charge in [0.25, 0.3) is 0 Å². The lowest BCUT2D eigenvalue weighted by atomic mass is 9.72. The number of carbonyl (C=O) groups excluding carboxylic acids is 1. The number of nitrogens with zero attached hydrogens (tertiary/aromatic N) is 1. The molecule has 2 aliphatic rings. The van der Waals surface area contributed by atoms with Gasteiger partial charge in [0.05, 0.1) is 21.3 Å². The maximum atomic E-state index is 13.4. The first kappa shape index (κ1) is 19.2. The molecule has 5 rings (SSSR count). The van der Waals surface area contributed by atoms with Crippen LogP contribution in [-0.4, -0.2) is 16.0 Å². The first-order valence-electron chi connectivity index (χ1n) is 9.65. The standard InChI is InChI=1S/C23H18Cl2N2O3/c1-11-20-21(13-4-7-16(24)17(25)8-13)22-18(26-23(20)30-27-11)9-14(10-19(22)29)12-2-5-15(28)6-3-12/h2-8,14,21,26,28H,9-10H2,1H3/t14-,21+/m0/s1. The van der Waals surface area contributed by atoms with E-state index in [1.165, 1.54) is 0 Å². The summed E-state index contributed by atoms with van der Waals surface area (Å²) >= 11 is 12.4. The highest BCUT2D eigenvalue weighted by Gasteiger charge is 2.41. The number of ketones is 1. The molecule has 2 N–H and O–H groups in total. The van der Waals surface area contributed by atoms with Crippen LogP contribution in [0.25, 0.3) is 0 Å². The number of phenols is 1. The van der Waals surface area contributed by atoms with Crippen LogP contribution in [0.3, 0.4) is 0 Å². The molecule has 1 aliphatic carbocycles. The molecule has 0 unspecified atom stereocenters. The van der Waals surface area contributed by atoms with Crippen molar-refractivity contribution < 1.29 is 14.4 Å². The number of fused-ring (bicyclic) bond motifs is 1. The van der Waals surface area contributed by atoms with Crippen molar-refractivity contribution in [3.8, 4) is 5.75 Å². The Bertz CT molecular complexity index is 1200. The zero-order valence-corrected chi connectivity index (χ0v) is 17.6. The highest BCUT2D eigenvalue weighted by molar-refractivity contribution is 6.42. The zero-order chi connectivity index (χ0) is 21.0. The number of allylic oxidation sites excluding steroid dienone is 2. The van der Waals surface area contributed by atoms with Crippen LogP contribution in [0.1, 0.15) is 47.1 Å². The van der Waals surface area contributed by atoms with Crippen molar-refractivity contribution in [3.63, 3.8) is 0 Å². The summed E-state index contributed by atoms with van der Waals surface area (Å²) in [5, 5.41) is 17.9. The van der Waals surface area contributed by atoms with E-state index in [-0.39, 0.29) is 23.4 Å². The van der Waals surface area contributed by atoms with E-state index in [9.17, 15) is 9.90 Å². The number of benzene rings is 2. The van der Waals surface area contributed by atoms with Crippen molar-refractivity contribution in [2.24, 2.45) is 0 Å². The van der Waals surface area contributed by atoms with E-state index in [0.717, 1.165) is 33.7 Å². The van der Waals surface area contributed by atoms with Gasteiger partial charge in [-0.05, 0) is 54.7 Å². The molecule has 3 aromatic rings. The maximum Gasteiger partial charge on any atom is 0.233 e. The molecule has 2 aromatic carbocycles. The molecular formula is C23H18Cl2N2O3. The minimum atomic E-state index is -0.314. The second kappa shape index (κ2) is 7.18. The first-order chi connectivity index (χ1) is 14.4. The number of hydrogen-bond acceptors (Lipinski definition) is 5. The molecule has 152 valence electrons. The quantitative estimate of drug-likeness (QED) is 0.514. The van der Waals surface area contributed by atoms with E-state index in [1.54, 1.807) is 24.3 Å². The fourth-order valence-electron chi connectivity index (χ4n) is 4.48. The average molecular weight is 441 g/mol. The van der Waals surface area contributed by atoms with Gasteiger partial charge in [0.2, 0.25) is 5.88 Å². The molecule has 0 spiro atoms. The number of phenolic OH excluding ortho intramolecular Hbond substituents is 1. The summed E-state index contributed by atoms with van der Waals surface area (Å²) in [6.45, 7) is 1.87. The molecule has 1 aliphatic heterocycles. The van der Waals surface area contributed by atoms with E-state index in [4.69, 9.17) is 27.7 Å². The smallest absolute Gasteiger partial charge is 0.233 e. The van der Waals surface area contributed by atoms with Gasteiger partial charge in [-0.25, -0.2) is 0 Å². The third-order valence-corrected chi connectivity index (χ3v) is 6.64. The molecule has 0 saturated heterocycles. The summed E-state index contributed by atoms with van der Waals surface area (Å²) < 4.78 is 5.53. The number of Topliss-reactive ketones (excluding diaryl/α,β-unsaturated/α-hetero) is 1. The van der Waals surface area contributed by atoms with Gasteiger partial charge in [-0.3, -0.25) is 4.79 Å². The first-order valence-corrected chi connectivity index (χ1v) is 10.4. The highest BCUT2D eigenvalue weighted by Crippen LogP contribution is 2.49. The summed E-state index contributed by atoms with van der Waals surface area (Å²) in [4.78, 5) is 13.4. The Morgan fingerprint density at radius 2 is 1.80 bits per heavy atom. The summed E-state index contributed by atoms with van der Waals surface area (Å²) in [6.07, 6.45) is 1.05. The Morgan fingerprint density at radius 1 is 1.07 bits per heavy atom. The summed E-state index contributed by atoms with van der Waals surface area (Å²) in [7, 11) is 0. The molecule has 30 heavy (non-hydrogen) atoms. The SMILES string of the molecule is Cc1noc2c1[C@@H](c1ccc(Cl)c(Cl)c1)C1=C(C[C@H](c3ccc(O)cc3)CC1=O)N2. The fourth-order valence-corrected chi connectivity index (χ4v) is 4.79. The number of aryl methyl sites for hydroxylation is 1. The van der Waals surface area contributed by atoms with Gasteiger partial charge < -0.3 is 14.9 Å². The zero-order valence-electron chi connectivity index (χ0n) is 16.1. The van der Waals surface area contributed by atoms with Gasteiger partial charge in [0, 0.05) is 23.6 Å². The largest absolute Gasteiger partial charge is 0.508 e. The Balaban J connectivity index is 1.62. The molecule has 5 nitrogen and oxygen atoms in total. The number of carbonyl (C=O) groups is 1. The van der Waals surface area contributed by atoms with Gasteiger partial charge in [-0.1, -0.05) is 46.6 Å². The lowest BCUT2D eigenvalue weighted by Crippen LogP contribution is -2.29. The van der Waals surface area contributed by atoms with Gasteiger partial charge in [-0.2, -0.15) is 0 Å². The lowest BCUT2D eigenvalue weighted by molar-refractivity contribution is -0.116. The van der Waals surface area contributed by atoms with E-state index < -0.39 is 0 Å². The van der Waals surface area contributed by atoms with Gasteiger partial charge in [-0.15, -0.1) is 0 Å². The molecule has 1 aromatic heterocycles. The van der Waals surface area contributed by atoms with Crippen molar-refractivity contribution in [1.82, 2.24) is 5.16 Å². The minimum Gasteiger partial charge on any atom is -0.508 e. The van der Waals surface area contributed by atoms with E-state index in [0.29, 0.717) is 28.8 Å². The Morgan fingerprint density at radius 3 is 2.53 bits per heavy atom. The van der Waals surface area contributed by atoms with Gasteiger partial charge in [0.1, 0.15) is 5.75 Å². The third kappa shape index (κ3) is 3.09.